The first-order chi connectivity index (χ1) is 7.40. The van der Waals surface area contributed by atoms with Crippen molar-refractivity contribution in [1.29, 1.82) is 0 Å². The van der Waals surface area contributed by atoms with Crippen molar-refractivity contribution in [2.45, 2.75) is 22.6 Å². The SMILES string of the molecule is COc1ccc(S(=O)(=O)C2(N)CC2)cc1Cl. The van der Waals surface area contributed by atoms with Crippen LogP contribution in [0.15, 0.2) is 23.1 Å². The summed E-state index contributed by atoms with van der Waals surface area (Å²) < 4.78 is 29.0. The molecule has 0 unspecified atom stereocenters. The molecule has 88 valence electrons. The Morgan fingerprint density at radius 1 is 1.44 bits per heavy atom. The van der Waals surface area contributed by atoms with Crippen LogP contribution in [0.4, 0.5) is 0 Å². The van der Waals surface area contributed by atoms with Gasteiger partial charge in [0.05, 0.1) is 17.0 Å². The second-order valence-electron chi connectivity index (χ2n) is 3.86. The smallest absolute Gasteiger partial charge is 0.196 e. The van der Waals surface area contributed by atoms with Crippen LogP contribution in [-0.2, 0) is 9.84 Å². The topological polar surface area (TPSA) is 69.4 Å². The standard InChI is InChI=1S/C10H12ClNO3S/c1-15-9-3-2-7(6-8(9)11)16(13,14)10(12)4-5-10/h2-3,6H,4-5,12H2,1H3. The van der Waals surface area contributed by atoms with Crippen molar-refractivity contribution in [3.63, 3.8) is 0 Å². The molecule has 0 saturated heterocycles. The maximum absolute atomic E-state index is 12.0. The summed E-state index contributed by atoms with van der Waals surface area (Å²) in [6, 6.07) is 4.37. The molecule has 2 N–H and O–H groups in total. The van der Waals surface area contributed by atoms with E-state index in [-0.39, 0.29) is 9.92 Å². The zero-order valence-electron chi connectivity index (χ0n) is 8.73. The number of sulfone groups is 1. The average Bonchev–Trinajstić information content (AvgIpc) is 2.98. The lowest BCUT2D eigenvalue weighted by atomic mass is 10.3. The van der Waals surface area contributed by atoms with E-state index in [2.05, 4.69) is 0 Å². The Bertz CT molecular complexity index is 523. The van der Waals surface area contributed by atoms with Crippen LogP contribution in [0.2, 0.25) is 5.02 Å². The predicted molar refractivity (Wildman–Crippen MR) is 61.3 cm³/mol. The van der Waals surface area contributed by atoms with Crippen LogP contribution in [0, 0.1) is 0 Å². The van der Waals surface area contributed by atoms with E-state index < -0.39 is 14.7 Å². The molecule has 0 radical (unpaired) electrons. The lowest BCUT2D eigenvalue weighted by molar-refractivity contribution is 0.414. The van der Waals surface area contributed by atoms with Crippen molar-refractivity contribution in [2.75, 3.05) is 7.11 Å². The summed E-state index contributed by atoms with van der Waals surface area (Å²) >= 11 is 5.88. The Morgan fingerprint density at radius 2 is 2.06 bits per heavy atom. The van der Waals surface area contributed by atoms with E-state index in [4.69, 9.17) is 22.1 Å². The molecule has 0 amide bonds. The molecule has 1 fully saturated rings. The quantitative estimate of drug-likeness (QED) is 0.897. The van der Waals surface area contributed by atoms with Crippen LogP contribution in [0.3, 0.4) is 0 Å². The highest BCUT2D eigenvalue weighted by molar-refractivity contribution is 7.93. The first kappa shape index (κ1) is 11.7. The van der Waals surface area contributed by atoms with Crippen LogP contribution in [-0.4, -0.2) is 20.4 Å². The highest BCUT2D eigenvalue weighted by Crippen LogP contribution is 2.42. The summed E-state index contributed by atoms with van der Waals surface area (Å²) in [7, 11) is -2.00. The zero-order chi connectivity index (χ0) is 12.0. The molecular weight excluding hydrogens is 250 g/mol. The monoisotopic (exact) mass is 261 g/mol. The van der Waals surface area contributed by atoms with Crippen LogP contribution < -0.4 is 10.5 Å². The molecule has 2 rings (SSSR count). The Hall–Kier alpha value is -0.780. The first-order valence-corrected chi connectivity index (χ1v) is 6.64. The number of methoxy groups -OCH3 is 1. The van der Waals surface area contributed by atoms with Gasteiger partial charge in [-0.15, -0.1) is 0 Å². The van der Waals surface area contributed by atoms with Crippen LogP contribution >= 0.6 is 11.6 Å². The van der Waals surface area contributed by atoms with Crippen molar-refractivity contribution in [3.8, 4) is 5.75 Å². The molecule has 0 atom stereocenters. The molecule has 1 aliphatic carbocycles. The number of nitrogens with two attached hydrogens (primary N) is 1. The third-order valence-corrected chi connectivity index (χ3v) is 5.36. The molecule has 4 nitrogen and oxygen atoms in total. The molecule has 6 heteroatoms. The van der Waals surface area contributed by atoms with Crippen molar-refractivity contribution in [2.24, 2.45) is 5.73 Å². The van der Waals surface area contributed by atoms with Gasteiger partial charge in [-0.05, 0) is 31.0 Å². The van der Waals surface area contributed by atoms with Crippen molar-refractivity contribution >= 4 is 21.4 Å². The van der Waals surface area contributed by atoms with Gasteiger partial charge in [-0.25, -0.2) is 8.42 Å². The highest BCUT2D eigenvalue weighted by atomic mass is 35.5. The van der Waals surface area contributed by atoms with Gasteiger partial charge in [-0.3, -0.25) is 0 Å². The van der Waals surface area contributed by atoms with Gasteiger partial charge >= 0.3 is 0 Å². The normalized spacial score (nSPS) is 18.2. The molecule has 1 saturated carbocycles. The summed E-state index contributed by atoms with van der Waals surface area (Å²) in [6.45, 7) is 0. The summed E-state index contributed by atoms with van der Waals surface area (Å²) in [4.78, 5) is -0.941. The van der Waals surface area contributed by atoms with E-state index in [1.165, 1.54) is 25.3 Å². The Morgan fingerprint density at radius 3 is 2.50 bits per heavy atom. The summed E-state index contributed by atoms with van der Waals surface area (Å²) in [6.07, 6.45) is 0.998. The van der Waals surface area contributed by atoms with Gasteiger partial charge in [0, 0.05) is 0 Å². The number of benzene rings is 1. The molecule has 16 heavy (non-hydrogen) atoms. The zero-order valence-corrected chi connectivity index (χ0v) is 10.3. The van der Waals surface area contributed by atoms with Crippen molar-refractivity contribution < 1.29 is 13.2 Å². The fraction of sp³-hybridized carbons (Fsp3) is 0.400. The number of ether oxygens (including phenoxy) is 1. The highest BCUT2D eigenvalue weighted by Gasteiger charge is 2.51. The molecule has 1 aromatic carbocycles. The minimum atomic E-state index is -3.48. The van der Waals surface area contributed by atoms with Crippen LogP contribution in [0.25, 0.3) is 0 Å². The average molecular weight is 262 g/mol. The Balaban J connectivity index is 2.46. The Labute approximate surface area is 99.3 Å². The van der Waals surface area contributed by atoms with Crippen molar-refractivity contribution in [1.82, 2.24) is 0 Å². The molecule has 0 aliphatic heterocycles. The van der Waals surface area contributed by atoms with E-state index in [1.54, 1.807) is 0 Å². The Kier molecular flexibility index (Phi) is 2.64. The predicted octanol–water partition coefficient (Wildman–Crippen LogP) is 1.57. The van der Waals surface area contributed by atoms with E-state index in [0.29, 0.717) is 18.6 Å². The van der Waals surface area contributed by atoms with Gasteiger partial charge in [0.15, 0.2) is 9.84 Å². The lowest BCUT2D eigenvalue weighted by Gasteiger charge is -2.12. The molecular formula is C10H12ClNO3S. The summed E-state index contributed by atoms with van der Waals surface area (Å²) in [5.41, 5.74) is 5.71. The number of hydrogen-bond acceptors (Lipinski definition) is 4. The van der Waals surface area contributed by atoms with Gasteiger partial charge < -0.3 is 10.5 Å². The maximum atomic E-state index is 12.0. The largest absolute Gasteiger partial charge is 0.495 e. The van der Waals surface area contributed by atoms with Crippen molar-refractivity contribution in [3.05, 3.63) is 23.2 Å². The van der Waals surface area contributed by atoms with Gasteiger partial charge in [0.25, 0.3) is 0 Å². The van der Waals surface area contributed by atoms with E-state index in [1.807, 2.05) is 0 Å². The molecule has 0 bridgehead atoms. The van der Waals surface area contributed by atoms with E-state index in [0.717, 1.165) is 0 Å². The van der Waals surface area contributed by atoms with Gasteiger partial charge in [-0.2, -0.15) is 0 Å². The molecule has 1 aromatic rings. The minimum Gasteiger partial charge on any atom is -0.495 e. The van der Waals surface area contributed by atoms with Gasteiger partial charge in [-0.1, -0.05) is 11.6 Å². The fourth-order valence-corrected chi connectivity index (χ4v) is 3.39. The van der Waals surface area contributed by atoms with Crippen LogP contribution in [0.1, 0.15) is 12.8 Å². The summed E-state index contributed by atoms with van der Waals surface area (Å²) in [5, 5.41) is 0.271. The lowest BCUT2D eigenvalue weighted by Crippen LogP contribution is -2.32. The minimum absolute atomic E-state index is 0.151. The fourth-order valence-electron chi connectivity index (χ4n) is 1.44. The second kappa shape index (κ2) is 3.61. The second-order valence-corrected chi connectivity index (χ2v) is 6.56. The molecule has 0 heterocycles. The maximum Gasteiger partial charge on any atom is 0.196 e. The third kappa shape index (κ3) is 1.69. The molecule has 0 spiro atoms. The van der Waals surface area contributed by atoms with Crippen LogP contribution in [0.5, 0.6) is 5.75 Å². The number of rotatable bonds is 3. The van der Waals surface area contributed by atoms with Gasteiger partial charge in [0.2, 0.25) is 0 Å². The first-order valence-electron chi connectivity index (χ1n) is 4.78. The molecule has 1 aliphatic rings. The number of hydrogen-bond donors (Lipinski definition) is 1. The third-order valence-electron chi connectivity index (χ3n) is 2.71. The summed E-state index contributed by atoms with van der Waals surface area (Å²) in [5.74, 6) is 0.447. The van der Waals surface area contributed by atoms with E-state index in [9.17, 15) is 8.42 Å². The van der Waals surface area contributed by atoms with Gasteiger partial charge in [0.1, 0.15) is 10.6 Å². The number of halogens is 1. The van der Waals surface area contributed by atoms with E-state index >= 15 is 0 Å². The molecule has 0 aromatic heterocycles.